The van der Waals surface area contributed by atoms with Crippen LogP contribution in [0.5, 0.6) is 11.6 Å². The zero-order valence-corrected chi connectivity index (χ0v) is 11.6. The summed E-state index contributed by atoms with van der Waals surface area (Å²) in [6.07, 6.45) is 0. The summed E-state index contributed by atoms with van der Waals surface area (Å²) in [5.41, 5.74) is 5.48. The largest absolute Gasteiger partial charge is 0.438 e. The Kier molecular flexibility index (Phi) is 3.88. The number of primary amides is 1. The van der Waals surface area contributed by atoms with Crippen molar-refractivity contribution >= 4 is 5.91 Å². The van der Waals surface area contributed by atoms with Crippen LogP contribution in [-0.2, 0) is 5.92 Å². The maximum Gasteiger partial charge on any atom is 0.275 e. The topological polar surface area (TPSA) is 65.2 Å². The standard InChI is InChI=1S/C15H14F2N2O2/c1-9-4-3-5-10(8-9)21-14-11(15(2,16)17)6-7-12(19-14)13(18)20/h3-8H,1-2H3,(H2,18,20). The van der Waals surface area contributed by atoms with Crippen LogP contribution in [0.15, 0.2) is 36.4 Å². The monoisotopic (exact) mass is 292 g/mol. The molecule has 0 aliphatic carbocycles. The lowest BCUT2D eigenvalue weighted by Gasteiger charge is -2.16. The second kappa shape index (κ2) is 5.47. The van der Waals surface area contributed by atoms with E-state index in [1.165, 1.54) is 0 Å². The Labute approximate surface area is 120 Å². The molecule has 0 aliphatic heterocycles. The molecular weight excluding hydrogens is 278 g/mol. The molecule has 2 aromatic rings. The number of pyridine rings is 1. The average Bonchev–Trinajstić information content (AvgIpc) is 2.37. The zero-order chi connectivity index (χ0) is 15.6. The predicted molar refractivity (Wildman–Crippen MR) is 73.6 cm³/mol. The highest BCUT2D eigenvalue weighted by Gasteiger charge is 2.30. The number of ether oxygens (including phenoxy) is 1. The molecule has 1 aromatic carbocycles. The van der Waals surface area contributed by atoms with Crippen LogP contribution in [0, 0.1) is 6.92 Å². The lowest BCUT2D eigenvalue weighted by atomic mass is 10.1. The quantitative estimate of drug-likeness (QED) is 0.939. The normalized spacial score (nSPS) is 11.2. The lowest BCUT2D eigenvalue weighted by molar-refractivity contribution is 0.0149. The molecule has 4 nitrogen and oxygen atoms in total. The smallest absolute Gasteiger partial charge is 0.275 e. The number of aromatic nitrogens is 1. The summed E-state index contributed by atoms with van der Waals surface area (Å²) >= 11 is 0. The number of carbonyl (C=O) groups is 1. The van der Waals surface area contributed by atoms with Gasteiger partial charge in [0.05, 0.1) is 5.56 Å². The van der Waals surface area contributed by atoms with E-state index in [0.29, 0.717) is 5.75 Å². The fourth-order valence-electron chi connectivity index (χ4n) is 1.78. The van der Waals surface area contributed by atoms with E-state index in [1.807, 2.05) is 13.0 Å². The summed E-state index contributed by atoms with van der Waals surface area (Å²) < 4.78 is 32.6. The van der Waals surface area contributed by atoms with Crippen molar-refractivity contribution in [3.63, 3.8) is 0 Å². The Morgan fingerprint density at radius 3 is 2.57 bits per heavy atom. The zero-order valence-electron chi connectivity index (χ0n) is 11.6. The van der Waals surface area contributed by atoms with Gasteiger partial charge in [-0.2, -0.15) is 0 Å². The van der Waals surface area contributed by atoms with Crippen LogP contribution in [0.25, 0.3) is 0 Å². The number of benzene rings is 1. The van der Waals surface area contributed by atoms with E-state index in [-0.39, 0.29) is 11.6 Å². The van der Waals surface area contributed by atoms with Crippen LogP contribution >= 0.6 is 0 Å². The van der Waals surface area contributed by atoms with Crippen molar-refractivity contribution in [2.24, 2.45) is 5.73 Å². The number of amides is 1. The number of hydrogen-bond acceptors (Lipinski definition) is 3. The van der Waals surface area contributed by atoms with E-state index in [4.69, 9.17) is 10.5 Å². The summed E-state index contributed by atoms with van der Waals surface area (Å²) in [6, 6.07) is 9.11. The first kappa shape index (κ1) is 14.9. The Hall–Kier alpha value is -2.50. The molecule has 1 amide bonds. The van der Waals surface area contributed by atoms with Crippen molar-refractivity contribution < 1.29 is 18.3 Å². The van der Waals surface area contributed by atoms with E-state index in [2.05, 4.69) is 4.98 Å². The van der Waals surface area contributed by atoms with Crippen molar-refractivity contribution in [3.05, 3.63) is 53.2 Å². The van der Waals surface area contributed by atoms with Gasteiger partial charge in [0.1, 0.15) is 11.4 Å². The van der Waals surface area contributed by atoms with E-state index in [9.17, 15) is 13.6 Å². The van der Waals surface area contributed by atoms with Crippen LogP contribution in [-0.4, -0.2) is 10.9 Å². The number of carbonyl (C=O) groups excluding carboxylic acids is 1. The predicted octanol–water partition coefficient (Wildman–Crippen LogP) is 3.39. The molecule has 110 valence electrons. The van der Waals surface area contributed by atoms with Gasteiger partial charge in [-0.05, 0) is 36.8 Å². The van der Waals surface area contributed by atoms with E-state index in [0.717, 1.165) is 24.6 Å². The highest BCUT2D eigenvalue weighted by Crippen LogP contribution is 2.35. The average molecular weight is 292 g/mol. The van der Waals surface area contributed by atoms with Gasteiger partial charge < -0.3 is 10.5 Å². The molecule has 0 bridgehead atoms. The fourth-order valence-corrected chi connectivity index (χ4v) is 1.78. The van der Waals surface area contributed by atoms with Gasteiger partial charge in [-0.3, -0.25) is 4.79 Å². The molecule has 1 heterocycles. The minimum absolute atomic E-state index is 0.134. The Bertz CT molecular complexity index is 682. The number of aryl methyl sites for hydroxylation is 1. The van der Waals surface area contributed by atoms with Crippen molar-refractivity contribution in [1.82, 2.24) is 4.98 Å². The van der Waals surface area contributed by atoms with Gasteiger partial charge in [0.15, 0.2) is 0 Å². The van der Waals surface area contributed by atoms with Gasteiger partial charge in [0, 0.05) is 6.92 Å². The van der Waals surface area contributed by atoms with Crippen molar-refractivity contribution in [3.8, 4) is 11.6 Å². The van der Waals surface area contributed by atoms with Gasteiger partial charge in [0.25, 0.3) is 11.8 Å². The Morgan fingerprint density at radius 2 is 2.00 bits per heavy atom. The molecule has 2 N–H and O–H groups in total. The first-order valence-corrected chi connectivity index (χ1v) is 6.21. The molecule has 0 saturated carbocycles. The summed E-state index contributed by atoms with van der Waals surface area (Å²) in [6.45, 7) is 2.58. The molecule has 0 aliphatic rings. The molecule has 21 heavy (non-hydrogen) atoms. The molecule has 1 aromatic heterocycles. The number of nitrogens with two attached hydrogens (primary N) is 1. The summed E-state index contributed by atoms with van der Waals surface area (Å²) in [4.78, 5) is 14.9. The van der Waals surface area contributed by atoms with Crippen LogP contribution in [0.3, 0.4) is 0 Å². The maximum absolute atomic E-state index is 13.6. The fraction of sp³-hybridized carbons (Fsp3) is 0.200. The number of rotatable bonds is 4. The Balaban J connectivity index is 2.48. The third-order valence-corrected chi connectivity index (χ3v) is 2.79. The molecule has 0 fully saturated rings. The van der Waals surface area contributed by atoms with Gasteiger partial charge in [0.2, 0.25) is 5.88 Å². The first-order valence-electron chi connectivity index (χ1n) is 6.21. The molecule has 2 rings (SSSR count). The van der Waals surface area contributed by atoms with Crippen LogP contribution in [0.2, 0.25) is 0 Å². The highest BCUT2D eigenvalue weighted by atomic mass is 19.3. The number of hydrogen-bond donors (Lipinski definition) is 1. The van der Waals surface area contributed by atoms with Crippen molar-refractivity contribution in [2.45, 2.75) is 19.8 Å². The van der Waals surface area contributed by atoms with Crippen LogP contribution < -0.4 is 10.5 Å². The molecule has 0 radical (unpaired) electrons. The summed E-state index contributed by atoms with van der Waals surface area (Å²) in [5.74, 6) is -3.93. The highest BCUT2D eigenvalue weighted by molar-refractivity contribution is 5.90. The maximum atomic E-state index is 13.6. The molecule has 0 saturated heterocycles. The van der Waals surface area contributed by atoms with Gasteiger partial charge >= 0.3 is 0 Å². The molecule has 0 unspecified atom stereocenters. The summed E-state index contributed by atoms with van der Waals surface area (Å²) in [7, 11) is 0. The summed E-state index contributed by atoms with van der Waals surface area (Å²) in [5, 5.41) is 0. The van der Waals surface area contributed by atoms with E-state index < -0.39 is 17.4 Å². The number of halogens is 2. The molecule has 6 heteroatoms. The first-order chi connectivity index (χ1) is 9.77. The number of alkyl halides is 2. The van der Waals surface area contributed by atoms with Gasteiger partial charge in [-0.15, -0.1) is 0 Å². The minimum atomic E-state index is -3.15. The van der Waals surface area contributed by atoms with Gasteiger partial charge in [-0.1, -0.05) is 12.1 Å². The van der Waals surface area contributed by atoms with Crippen molar-refractivity contribution in [2.75, 3.05) is 0 Å². The Morgan fingerprint density at radius 1 is 1.29 bits per heavy atom. The van der Waals surface area contributed by atoms with Crippen LogP contribution in [0.4, 0.5) is 8.78 Å². The van der Waals surface area contributed by atoms with Gasteiger partial charge in [-0.25, -0.2) is 13.8 Å². The second-order valence-corrected chi connectivity index (χ2v) is 4.72. The SMILES string of the molecule is Cc1cccc(Oc2nc(C(N)=O)ccc2C(C)(F)F)c1. The molecule has 0 atom stereocenters. The van der Waals surface area contributed by atoms with E-state index in [1.54, 1.807) is 18.2 Å². The second-order valence-electron chi connectivity index (χ2n) is 4.72. The number of nitrogens with zero attached hydrogens (tertiary/aromatic N) is 1. The third kappa shape index (κ3) is 3.53. The molecule has 0 spiro atoms. The van der Waals surface area contributed by atoms with Crippen LogP contribution in [0.1, 0.15) is 28.5 Å². The molecular formula is C15H14F2N2O2. The minimum Gasteiger partial charge on any atom is -0.438 e. The van der Waals surface area contributed by atoms with Crippen molar-refractivity contribution in [1.29, 1.82) is 0 Å². The third-order valence-electron chi connectivity index (χ3n) is 2.79. The van der Waals surface area contributed by atoms with E-state index >= 15 is 0 Å². The lowest BCUT2D eigenvalue weighted by Crippen LogP contribution is -2.16.